The van der Waals surface area contributed by atoms with Crippen LogP contribution in [0.15, 0.2) is 85.2 Å². The van der Waals surface area contributed by atoms with Crippen molar-refractivity contribution in [3.05, 3.63) is 96.3 Å². The van der Waals surface area contributed by atoms with Gasteiger partial charge in [-0.3, -0.25) is 0 Å². The highest BCUT2D eigenvalue weighted by atomic mass is 16.4. The Bertz CT molecular complexity index is 1150. The molecule has 2 aromatic carbocycles. The van der Waals surface area contributed by atoms with Gasteiger partial charge in [0, 0.05) is 29.1 Å². The van der Waals surface area contributed by atoms with E-state index in [0.29, 0.717) is 5.56 Å². The summed E-state index contributed by atoms with van der Waals surface area (Å²) in [6.45, 7) is 2.21. The van der Waals surface area contributed by atoms with Crippen LogP contribution < -0.4 is 0 Å². The Kier molecular flexibility index (Phi) is 8.32. The molecule has 2 heterocycles. The van der Waals surface area contributed by atoms with Crippen LogP contribution in [0.5, 0.6) is 0 Å². The number of hydrogen-bond donors (Lipinski definition) is 2. The highest BCUT2D eigenvalue weighted by molar-refractivity contribution is 6.09. The zero-order valence-corrected chi connectivity index (χ0v) is 18.4. The molecule has 4 rings (SSSR count). The maximum atomic E-state index is 10.2. The highest BCUT2D eigenvalue weighted by Crippen LogP contribution is 2.25. The lowest BCUT2D eigenvalue weighted by Crippen LogP contribution is -1.99. The second-order valence-electron chi connectivity index (χ2n) is 7.58. The third-order valence-corrected chi connectivity index (χ3v) is 5.23. The molecule has 0 fully saturated rings. The van der Waals surface area contributed by atoms with Gasteiger partial charge in [0.25, 0.3) is 0 Å². The molecule has 0 amide bonds. The first-order valence-electron chi connectivity index (χ1n) is 11.0. The predicted octanol–water partition coefficient (Wildman–Crippen LogP) is 6.75. The molecule has 32 heavy (non-hydrogen) atoms. The molecule has 5 nitrogen and oxygen atoms in total. The molecule has 4 aromatic rings. The van der Waals surface area contributed by atoms with Crippen LogP contribution in [0.3, 0.4) is 0 Å². The number of benzene rings is 2. The van der Waals surface area contributed by atoms with E-state index in [1.807, 2.05) is 30.3 Å². The Labute approximate surface area is 188 Å². The molecule has 0 aliphatic rings. The van der Waals surface area contributed by atoms with Gasteiger partial charge < -0.3 is 15.1 Å². The first-order valence-corrected chi connectivity index (χ1v) is 11.0. The van der Waals surface area contributed by atoms with Gasteiger partial charge in [-0.05, 0) is 43.2 Å². The number of nitrogens with zero attached hydrogens (tertiary/aromatic N) is 2. The molecule has 0 saturated heterocycles. The molecule has 164 valence electrons. The van der Waals surface area contributed by atoms with Crippen molar-refractivity contribution in [2.24, 2.45) is 0 Å². The lowest BCUT2D eigenvalue weighted by Gasteiger charge is -2.03. The Balaban J connectivity index is 0.000000269. The zero-order valence-electron chi connectivity index (χ0n) is 18.4. The topological polar surface area (TPSA) is 79.0 Å². The quantitative estimate of drug-likeness (QED) is 0.241. The van der Waals surface area contributed by atoms with Crippen molar-refractivity contribution in [2.75, 3.05) is 0 Å². The molecule has 2 N–H and O–H groups in total. The Morgan fingerprint density at radius 1 is 0.938 bits per heavy atom. The molecule has 2 aromatic heterocycles. The number of para-hydroxylation sites is 1. The summed E-state index contributed by atoms with van der Waals surface area (Å²) >= 11 is 0. The van der Waals surface area contributed by atoms with E-state index in [2.05, 4.69) is 34.8 Å². The highest BCUT2D eigenvalue weighted by Gasteiger charge is 2.13. The fourth-order valence-electron chi connectivity index (χ4n) is 3.55. The van der Waals surface area contributed by atoms with Crippen LogP contribution in [0.25, 0.3) is 16.7 Å². The number of unbranched alkanes of at least 4 members (excludes halogenated alkanes) is 3. The predicted molar refractivity (Wildman–Crippen MR) is 130 cm³/mol. The molecule has 0 bridgehead atoms. The number of carboxylic acids is 1. The van der Waals surface area contributed by atoms with E-state index in [1.54, 1.807) is 36.5 Å². The van der Waals surface area contributed by atoms with E-state index in [0.717, 1.165) is 40.8 Å². The van der Waals surface area contributed by atoms with Gasteiger partial charge in [0.15, 0.2) is 0 Å². The van der Waals surface area contributed by atoms with Crippen LogP contribution in [0, 0.1) is 5.41 Å². The number of pyridine rings is 1. The summed E-state index contributed by atoms with van der Waals surface area (Å²) in [7, 11) is 0. The largest absolute Gasteiger partial charge is 0.478 e. The van der Waals surface area contributed by atoms with Crippen LogP contribution in [0.2, 0.25) is 0 Å². The van der Waals surface area contributed by atoms with Gasteiger partial charge in [-0.1, -0.05) is 68.7 Å². The standard InChI is InChI=1S/C20H23N3.C7H6O2/c1-2-3-4-5-11-18(21)17-15-23(20-13-8-9-14-22-20)19-12-7-6-10-16(17)19;8-7(9)6-4-2-1-3-5-6/h6-10,12-15,21H,2-5,11H2,1H3;1-5H,(H,8,9). The monoisotopic (exact) mass is 427 g/mol. The van der Waals surface area contributed by atoms with Crippen molar-refractivity contribution >= 4 is 22.6 Å². The van der Waals surface area contributed by atoms with E-state index in [1.165, 1.54) is 19.3 Å². The Morgan fingerprint density at radius 3 is 2.31 bits per heavy atom. The SMILES string of the molecule is CCCCCCC(=N)c1cn(-c2ccccn2)c2ccccc12.O=C(O)c1ccccc1. The Morgan fingerprint density at radius 2 is 1.66 bits per heavy atom. The van der Waals surface area contributed by atoms with Gasteiger partial charge in [0.05, 0.1) is 11.1 Å². The third kappa shape index (κ3) is 5.91. The van der Waals surface area contributed by atoms with Crippen molar-refractivity contribution in [1.82, 2.24) is 9.55 Å². The zero-order chi connectivity index (χ0) is 22.8. The molecular weight excluding hydrogens is 398 g/mol. The molecule has 0 aliphatic carbocycles. The number of aromatic nitrogens is 2. The average Bonchev–Trinajstić information content (AvgIpc) is 3.23. The van der Waals surface area contributed by atoms with E-state index < -0.39 is 5.97 Å². The molecule has 0 aliphatic heterocycles. The van der Waals surface area contributed by atoms with Gasteiger partial charge in [0.2, 0.25) is 0 Å². The number of hydrogen-bond acceptors (Lipinski definition) is 3. The van der Waals surface area contributed by atoms with Gasteiger partial charge in [-0.25, -0.2) is 9.78 Å². The average molecular weight is 428 g/mol. The molecule has 0 atom stereocenters. The van der Waals surface area contributed by atoms with Gasteiger partial charge in [-0.2, -0.15) is 0 Å². The van der Waals surface area contributed by atoms with E-state index in [-0.39, 0.29) is 0 Å². The minimum Gasteiger partial charge on any atom is -0.478 e. The second kappa shape index (κ2) is 11.6. The summed E-state index contributed by atoms with van der Waals surface area (Å²) in [5.41, 5.74) is 3.20. The van der Waals surface area contributed by atoms with Crippen molar-refractivity contribution in [1.29, 1.82) is 5.41 Å². The molecule has 0 spiro atoms. The van der Waals surface area contributed by atoms with Crippen molar-refractivity contribution in [3.8, 4) is 5.82 Å². The number of carbonyl (C=O) groups is 1. The summed E-state index contributed by atoms with van der Waals surface area (Å²) in [6.07, 6.45) is 9.49. The number of rotatable bonds is 8. The molecule has 0 unspecified atom stereocenters. The van der Waals surface area contributed by atoms with E-state index >= 15 is 0 Å². The van der Waals surface area contributed by atoms with Crippen LogP contribution in [-0.2, 0) is 0 Å². The summed E-state index contributed by atoms with van der Waals surface area (Å²) in [6, 6.07) is 22.5. The maximum Gasteiger partial charge on any atom is 0.335 e. The van der Waals surface area contributed by atoms with Crippen molar-refractivity contribution in [3.63, 3.8) is 0 Å². The molecular formula is C27H29N3O2. The summed E-state index contributed by atoms with van der Waals surface area (Å²) < 4.78 is 2.09. The maximum absolute atomic E-state index is 10.2. The summed E-state index contributed by atoms with van der Waals surface area (Å²) in [4.78, 5) is 14.7. The van der Waals surface area contributed by atoms with Gasteiger partial charge in [-0.15, -0.1) is 0 Å². The number of fused-ring (bicyclic) bond motifs is 1. The van der Waals surface area contributed by atoms with E-state index in [9.17, 15) is 4.79 Å². The molecule has 0 radical (unpaired) electrons. The lowest BCUT2D eigenvalue weighted by atomic mass is 10.0. The minimum atomic E-state index is -0.879. The normalized spacial score (nSPS) is 10.4. The first kappa shape index (κ1) is 22.9. The Hall–Kier alpha value is -3.73. The number of carboxylic acid groups (broad SMARTS) is 1. The van der Waals surface area contributed by atoms with Crippen LogP contribution in [-0.4, -0.2) is 26.3 Å². The minimum absolute atomic E-state index is 0.331. The smallest absolute Gasteiger partial charge is 0.335 e. The molecule has 5 heteroatoms. The second-order valence-corrected chi connectivity index (χ2v) is 7.58. The van der Waals surface area contributed by atoms with Crippen LogP contribution >= 0.6 is 0 Å². The summed E-state index contributed by atoms with van der Waals surface area (Å²) in [5, 5.41) is 18.0. The van der Waals surface area contributed by atoms with E-state index in [4.69, 9.17) is 10.5 Å². The fraction of sp³-hybridized carbons (Fsp3) is 0.222. The summed E-state index contributed by atoms with van der Waals surface area (Å²) in [5.74, 6) is 0.0179. The number of aromatic carboxylic acids is 1. The van der Waals surface area contributed by atoms with Gasteiger partial charge in [0.1, 0.15) is 5.82 Å². The van der Waals surface area contributed by atoms with Crippen molar-refractivity contribution in [2.45, 2.75) is 39.0 Å². The third-order valence-electron chi connectivity index (χ3n) is 5.23. The fourth-order valence-corrected chi connectivity index (χ4v) is 3.55. The first-order chi connectivity index (χ1) is 15.6. The molecule has 0 saturated carbocycles. The lowest BCUT2D eigenvalue weighted by molar-refractivity contribution is 0.0697. The number of nitrogens with one attached hydrogen (secondary N) is 1. The van der Waals surface area contributed by atoms with Crippen LogP contribution in [0.1, 0.15) is 54.9 Å². The van der Waals surface area contributed by atoms with Crippen molar-refractivity contribution < 1.29 is 9.90 Å². The van der Waals surface area contributed by atoms with Gasteiger partial charge >= 0.3 is 5.97 Å². The van der Waals surface area contributed by atoms with Crippen LogP contribution in [0.4, 0.5) is 0 Å².